The number of aromatic nitrogens is 2. The molecule has 2 aromatic rings. The van der Waals surface area contributed by atoms with Gasteiger partial charge in [-0.2, -0.15) is 0 Å². The van der Waals surface area contributed by atoms with Gasteiger partial charge in [-0.25, -0.2) is 14.8 Å². The average molecular weight is 297 g/mol. The molecule has 5 nitrogen and oxygen atoms in total. The molecule has 0 atom stereocenters. The van der Waals surface area contributed by atoms with Crippen molar-refractivity contribution in [2.75, 3.05) is 5.32 Å². The molecular formula is C17H19N3O2. The second-order valence-electron chi connectivity index (χ2n) is 5.65. The van der Waals surface area contributed by atoms with E-state index in [0.717, 1.165) is 18.4 Å². The second-order valence-corrected chi connectivity index (χ2v) is 5.65. The third-order valence-electron chi connectivity index (χ3n) is 3.90. The van der Waals surface area contributed by atoms with Crippen LogP contribution in [0.4, 0.5) is 5.82 Å². The van der Waals surface area contributed by atoms with Crippen LogP contribution < -0.4 is 5.32 Å². The standard InChI is InChI=1S/C17H19N3O2/c21-17(22)14-11-16(18-13-8-4-5-9-13)20-15(19-14)10-12-6-2-1-3-7-12/h1-3,6-7,11,13H,4-5,8-10H2,(H,21,22)(H,18,19,20). The van der Waals surface area contributed by atoms with Crippen molar-refractivity contribution >= 4 is 11.8 Å². The van der Waals surface area contributed by atoms with Gasteiger partial charge in [-0.15, -0.1) is 0 Å². The van der Waals surface area contributed by atoms with E-state index in [2.05, 4.69) is 15.3 Å². The highest BCUT2D eigenvalue weighted by atomic mass is 16.4. The summed E-state index contributed by atoms with van der Waals surface area (Å²) in [5, 5.41) is 12.6. The lowest BCUT2D eigenvalue weighted by Gasteiger charge is -2.14. The van der Waals surface area contributed by atoms with Gasteiger partial charge in [-0.1, -0.05) is 43.2 Å². The Labute approximate surface area is 129 Å². The molecule has 1 aliphatic rings. The maximum absolute atomic E-state index is 11.3. The lowest BCUT2D eigenvalue weighted by molar-refractivity contribution is 0.0690. The molecule has 0 aliphatic heterocycles. The first-order chi connectivity index (χ1) is 10.7. The van der Waals surface area contributed by atoms with Crippen molar-refractivity contribution in [2.45, 2.75) is 38.1 Å². The minimum Gasteiger partial charge on any atom is -0.477 e. The number of nitrogens with zero attached hydrogens (tertiary/aromatic N) is 2. The Bertz CT molecular complexity index is 652. The average Bonchev–Trinajstić information content (AvgIpc) is 3.01. The van der Waals surface area contributed by atoms with Crippen molar-refractivity contribution in [3.63, 3.8) is 0 Å². The summed E-state index contributed by atoms with van der Waals surface area (Å²) in [5.74, 6) is 0.128. The van der Waals surface area contributed by atoms with Crippen LogP contribution in [0.5, 0.6) is 0 Å². The number of aromatic carboxylic acids is 1. The Morgan fingerprint density at radius 1 is 1.18 bits per heavy atom. The van der Waals surface area contributed by atoms with Crippen molar-refractivity contribution in [2.24, 2.45) is 0 Å². The van der Waals surface area contributed by atoms with Crippen molar-refractivity contribution in [1.29, 1.82) is 0 Å². The van der Waals surface area contributed by atoms with Crippen LogP contribution in [0.25, 0.3) is 0 Å². The minimum atomic E-state index is -1.02. The van der Waals surface area contributed by atoms with Crippen molar-refractivity contribution in [3.05, 3.63) is 53.5 Å². The van der Waals surface area contributed by atoms with Crippen LogP contribution in [0.2, 0.25) is 0 Å². The first-order valence-electron chi connectivity index (χ1n) is 7.62. The molecule has 114 valence electrons. The minimum absolute atomic E-state index is 0.0430. The second kappa shape index (κ2) is 6.56. The van der Waals surface area contributed by atoms with Crippen LogP contribution in [0.15, 0.2) is 36.4 Å². The van der Waals surface area contributed by atoms with Crippen LogP contribution in [-0.4, -0.2) is 27.1 Å². The molecule has 0 saturated heterocycles. The van der Waals surface area contributed by atoms with Crippen molar-refractivity contribution in [3.8, 4) is 0 Å². The highest BCUT2D eigenvalue weighted by Gasteiger charge is 2.17. The van der Waals surface area contributed by atoms with Gasteiger partial charge in [0, 0.05) is 18.5 Å². The van der Waals surface area contributed by atoms with Gasteiger partial charge < -0.3 is 10.4 Å². The first-order valence-corrected chi connectivity index (χ1v) is 7.62. The summed E-state index contributed by atoms with van der Waals surface area (Å²) in [6.45, 7) is 0. The third-order valence-corrected chi connectivity index (χ3v) is 3.90. The summed E-state index contributed by atoms with van der Waals surface area (Å²) in [5.41, 5.74) is 1.11. The number of anilines is 1. The van der Waals surface area contributed by atoms with E-state index in [-0.39, 0.29) is 5.69 Å². The van der Waals surface area contributed by atoms with Gasteiger partial charge in [0.15, 0.2) is 5.69 Å². The summed E-state index contributed by atoms with van der Waals surface area (Å²) >= 11 is 0. The molecule has 1 heterocycles. The monoisotopic (exact) mass is 297 g/mol. The Morgan fingerprint density at radius 2 is 1.91 bits per heavy atom. The predicted octanol–water partition coefficient (Wildman–Crippen LogP) is 3.12. The number of carbonyl (C=O) groups is 1. The third kappa shape index (κ3) is 3.61. The zero-order chi connectivity index (χ0) is 15.4. The zero-order valence-electron chi connectivity index (χ0n) is 12.3. The van der Waals surface area contributed by atoms with E-state index in [1.54, 1.807) is 0 Å². The molecule has 3 rings (SSSR count). The highest BCUT2D eigenvalue weighted by molar-refractivity contribution is 5.86. The number of carboxylic acids is 1. The summed E-state index contributed by atoms with van der Waals surface area (Å²) in [6.07, 6.45) is 5.18. The SMILES string of the molecule is O=C(O)c1cc(NC2CCCC2)nc(Cc2ccccc2)n1. The Hall–Kier alpha value is -2.43. The fraction of sp³-hybridized carbons (Fsp3) is 0.353. The van der Waals surface area contributed by atoms with Crippen LogP contribution >= 0.6 is 0 Å². The lowest BCUT2D eigenvalue weighted by atomic mass is 10.1. The van der Waals surface area contributed by atoms with Crippen LogP contribution in [0.3, 0.4) is 0 Å². The Kier molecular flexibility index (Phi) is 4.32. The van der Waals surface area contributed by atoms with E-state index in [4.69, 9.17) is 0 Å². The van der Waals surface area contributed by atoms with Crippen LogP contribution in [0, 0.1) is 0 Å². The summed E-state index contributed by atoms with van der Waals surface area (Å²) in [7, 11) is 0. The van der Waals surface area contributed by atoms with Crippen LogP contribution in [0.1, 0.15) is 47.6 Å². The van der Waals surface area contributed by atoms with Crippen LogP contribution in [-0.2, 0) is 6.42 Å². The number of nitrogens with one attached hydrogen (secondary N) is 1. The van der Waals surface area contributed by atoms with E-state index in [9.17, 15) is 9.90 Å². The number of hydrogen-bond acceptors (Lipinski definition) is 4. The van der Waals surface area contributed by atoms with E-state index >= 15 is 0 Å². The summed E-state index contributed by atoms with van der Waals surface area (Å²) in [6, 6.07) is 11.7. The molecule has 5 heteroatoms. The van der Waals surface area contributed by atoms with E-state index in [1.807, 2.05) is 30.3 Å². The number of hydrogen-bond donors (Lipinski definition) is 2. The molecule has 0 unspecified atom stereocenters. The molecular weight excluding hydrogens is 278 g/mol. The quantitative estimate of drug-likeness (QED) is 0.887. The van der Waals surface area contributed by atoms with Crippen molar-refractivity contribution < 1.29 is 9.90 Å². The molecule has 0 radical (unpaired) electrons. The molecule has 0 bridgehead atoms. The maximum atomic E-state index is 11.3. The summed E-state index contributed by atoms with van der Waals surface area (Å²) < 4.78 is 0. The number of carboxylic acid groups (broad SMARTS) is 1. The molecule has 0 amide bonds. The summed E-state index contributed by atoms with van der Waals surface area (Å²) in [4.78, 5) is 19.9. The Morgan fingerprint density at radius 3 is 2.59 bits per heavy atom. The predicted molar refractivity (Wildman–Crippen MR) is 84.1 cm³/mol. The van der Waals surface area contributed by atoms with Crippen molar-refractivity contribution in [1.82, 2.24) is 9.97 Å². The largest absolute Gasteiger partial charge is 0.477 e. The normalized spacial score (nSPS) is 14.9. The smallest absolute Gasteiger partial charge is 0.354 e. The van der Waals surface area contributed by atoms with Gasteiger partial charge >= 0.3 is 5.97 Å². The van der Waals surface area contributed by atoms with Gasteiger partial charge in [0.05, 0.1) is 0 Å². The van der Waals surface area contributed by atoms with E-state index < -0.39 is 5.97 Å². The van der Waals surface area contributed by atoms with Gasteiger partial charge in [-0.3, -0.25) is 0 Å². The van der Waals surface area contributed by atoms with Gasteiger partial charge in [0.1, 0.15) is 11.6 Å². The van der Waals surface area contributed by atoms with E-state index in [0.29, 0.717) is 24.1 Å². The molecule has 22 heavy (non-hydrogen) atoms. The van der Waals surface area contributed by atoms with Gasteiger partial charge in [-0.05, 0) is 18.4 Å². The molecule has 1 aromatic carbocycles. The molecule has 1 aromatic heterocycles. The van der Waals surface area contributed by atoms with Gasteiger partial charge in [0.25, 0.3) is 0 Å². The lowest BCUT2D eigenvalue weighted by Crippen LogP contribution is -2.17. The first kappa shape index (κ1) is 14.5. The highest BCUT2D eigenvalue weighted by Crippen LogP contribution is 2.22. The zero-order valence-corrected chi connectivity index (χ0v) is 12.3. The fourth-order valence-electron chi connectivity index (χ4n) is 2.82. The molecule has 1 aliphatic carbocycles. The molecule has 2 N–H and O–H groups in total. The maximum Gasteiger partial charge on any atom is 0.354 e. The van der Waals surface area contributed by atoms with Gasteiger partial charge in [0.2, 0.25) is 0 Å². The van der Waals surface area contributed by atoms with E-state index in [1.165, 1.54) is 18.9 Å². The Balaban J connectivity index is 1.84. The molecule has 0 spiro atoms. The number of benzene rings is 1. The molecule has 1 fully saturated rings. The molecule has 1 saturated carbocycles. The topological polar surface area (TPSA) is 75.1 Å². The number of rotatable bonds is 5. The fourth-order valence-corrected chi connectivity index (χ4v) is 2.82.